The van der Waals surface area contributed by atoms with E-state index in [1.165, 1.54) is 6.42 Å². The van der Waals surface area contributed by atoms with Crippen molar-refractivity contribution in [2.45, 2.75) is 38.1 Å². The molecule has 29 heavy (non-hydrogen) atoms. The predicted octanol–water partition coefficient (Wildman–Crippen LogP) is 1.98. The summed E-state index contributed by atoms with van der Waals surface area (Å²) in [6.07, 6.45) is 5.74. The second kappa shape index (κ2) is 9.72. The molecular weight excluding hydrogens is 364 g/mol. The Morgan fingerprint density at radius 1 is 0.724 bits per heavy atom. The first kappa shape index (κ1) is 20.4. The Kier molecular flexibility index (Phi) is 6.82. The van der Waals surface area contributed by atoms with E-state index < -0.39 is 0 Å². The molecular formula is C23H34N4O2. The van der Waals surface area contributed by atoms with Crippen LogP contribution in [-0.4, -0.2) is 90.3 Å². The molecule has 6 heteroatoms. The number of hydrogen-bond acceptors (Lipinski definition) is 4. The summed E-state index contributed by atoms with van der Waals surface area (Å²) in [4.78, 5) is 34.6. The van der Waals surface area contributed by atoms with E-state index in [0.29, 0.717) is 6.54 Å². The largest absolute Gasteiger partial charge is 0.342 e. The Morgan fingerprint density at radius 2 is 1.31 bits per heavy atom. The summed E-state index contributed by atoms with van der Waals surface area (Å²) >= 11 is 0. The van der Waals surface area contributed by atoms with Gasteiger partial charge in [-0.25, -0.2) is 0 Å². The minimum Gasteiger partial charge on any atom is -0.342 e. The van der Waals surface area contributed by atoms with Crippen molar-refractivity contribution in [3.63, 3.8) is 0 Å². The fourth-order valence-corrected chi connectivity index (χ4v) is 4.87. The second-order valence-corrected chi connectivity index (χ2v) is 8.60. The van der Waals surface area contributed by atoms with Gasteiger partial charge in [-0.1, -0.05) is 30.3 Å². The first-order chi connectivity index (χ1) is 14.2. The van der Waals surface area contributed by atoms with Crippen molar-refractivity contribution >= 4 is 11.8 Å². The summed E-state index contributed by atoms with van der Waals surface area (Å²) < 4.78 is 0. The van der Waals surface area contributed by atoms with Crippen molar-refractivity contribution in [1.29, 1.82) is 0 Å². The van der Waals surface area contributed by atoms with Gasteiger partial charge < -0.3 is 9.80 Å². The molecule has 0 aliphatic carbocycles. The lowest BCUT2D eigenvalue weighted by Crippen LogP contribution is -2.53. The van der Waals surface area contributed by atoms with Crippen molar-refractivity contribution in [2.75, 3.05) is 58.9 Å². The van der Waals surface area contributed by atoms with E-state index in [1.807, 2.05) is 28.0 Å². The van der Waals surface area contributed by atoms with Gasteiger partial charge >= 0.3 is 0 Å². The van der Waals surface area contributed by atoms with Crippen molar-refractivity contribution in [1.82, 2.24) is 19.6 Å². The van der Waals surface area contributed by atoms with Crippen LogP contribution in [0.2, 0.25) is 0 Å². The van der Waals surface area contributed by atoms with Gasteiger partial charge in [-0.3, -0.25) is 19.4 Å². The molecule has 3 aliphatic heterocycles. The summed E-state index contributed by atoms with van der Waals surface area (Å²) in [6, 6.07) is 10.00. The molecule has 0 spiro atoms. The lowest BCUT2D eigenvalue weighted by Gasteiger charge is -2.40. The third-order valence-electron chi connectivity index (χ3n) is 6.61. The molecule has 0 saturated carbocycles. The first-order valence-electron chi connectivity index (χ1n) is 11.3. The molecule has 1 aromatic carbocycles. The normalized spacial score (nSPS) is 22.6. The van der Waals surface area contributed by atoms with Gasteiger partial charge in [0.2, 0.25) is 11.8 Å². The number of piperidine rings is 1. The third kappa shape index (κ3) is 4.98. The number of likely N-dealkylation sites (tertiary alicyclic amines) is 2. The zero-order chi connectivity index (χ0) is 20.1. The molecule has 0 aromatic heterocycles. The molecule has 1 atom stereocenters. The minimum atomic E-state index is -0.200. The van der Waals surface area contributed by atoms with E-state index in [9.17, 15) is 9.59 Å². The van der Waals surface area contributed by atoms with Gasteiger partial charge in [0.15, 0.2) is 0 Å². The number of piperazine rings is 1. The quantitative estimate of drug-likeness (QED) is 0.761. The van der Waals surface area contributed by atoms with Crippen LogP contribution in [0.4, 0.5) is 0 Å². The van der Waals surface area contributed by atoms with E-state index in [4.69, 9.17) is 0 Å². The number of carbonyl (C=O) groups excluding carboxylic acids is 2. The maximum atomic E-state index is 13.3. The number of benzene rings is 1. The SMILES string of the molecule is O=C(CN1CCN(C(C(=O)N2CCCC2)c2ccccc2)CC1)N1CCCCC1. The molecule has 1 unspecified atom stereocenters. The van der Waals surface area contributed by atoms with Gasteiger partial charge in [0.1, 0.15) is 6.04 Å². The molecule has 0 N–H and O–H groups in total. The minimum absolute atomic E-state index is 0.200. The van der Waals surface area contributed by atoms with Crippen LogP contribution in [0.3, 0.4) is 0 Å². The van der Waals surface area contributed by atoms with Crippen molar-refractivity contribution < 1.29 is 9.59 Å². The number of nitrogens with zero attached hydrogens (tertiary/aromatic N) is 4. The van der Waals surface area contributed by atoms with E-state index in [2.05, 4.69) is 21.9 Å². The highest BCUT2D eigenvalue weighted by Crippen LogP contribution is 2.26. The van der Waals surface area contributed by atoms with E-state index >= 15 is 0 Å². The molecule has 3 heterocycles. The van der Waals surface area contributed by atoms with Gasteiger partial charge in [0, 0.05) is 52.4 Å². The van der Waals surface area contributed by atoms with Gasteiger partial charge in [0.05, 0.1) is 6.54 Å². The fraction of sp³-hybridized carbons (Fsp3) is 0.652. The molecule has 3 aliphatic rings. The molecule has 3 saturated heterocycles. The number of carbonyl (C=O) groups is 2. The first-order valence-corrected chi connectivity index (χ1v) is 11.3. The number of amides is 2. The number of rotatable bonds is 5. The highest BCUT2D eigenvalue weighted by Gasteiger charge is 2.34. The van der Waals surface area contributed by atoms with Gasteiger partial charge in [-0.05, 0) is 37.7 Å². The van der Waals surface area contributed by atoms with Crippen LogP contribution >= 0.6 is 0 Å². The maximum absolute atomic E-state index is 13.3. The third-order valence-corrected chi connectivity index (χ3v) is 6.61. The van der Waals surface area contributed by atoms with Crippen LogP contribution < -0.4 is 0 Å². The van der Waals surface area contributed by atoms with Crippen molar-refractivity contribution in [3.8, 4) is 0 Å². The van der Waals surface area contributed by atoms with Crippen molar-refractivity contribution in [2.24, 2.45) is 0 Å². The Morgan fingerprint density at radius 3 is 1.97 bits per heavy atom. The Bertz CT molecular complexity index is 675. The zero-order valence-corrected chi connectivity index (χ0v) is 17.5. The molecule has 0 radical (unpaired) electrons. The lowest BCUT2D eigenvalue weighted by molar-refractivity contribution is -0.138. The highest BCUT2D eigenvalue weighted by molar-refractivity contribution is 5.83. The molecule has 1 aromatic rings. The Balaban J connectivity index is 1.37. The van der Waals surface area contributed by atoms with Crippen LogP contribution in [-0.2, 0) is 9.59 Å². The molecule has 0 bridgehead atoms. The monoisotopic (exact) mass is 398 g/mol. The highest BCUT2D eigenvalue weighted by atomic mass is 16.2. The van der Waals surface area contributed by atoms with Gasteiger partial charge in [-0.2, -0.15) is 0 Å². The number of hydrogen-bond donors (Lipinski definition) is 0. The maximum Gasteiger partial charge on any atom is 0.244 e. The molecule has 2 amide bonds. The van der Waals surface area contributed by atoms with Crippen LogP contribution in [0.15, 0.2) is 30.3 Å². The average Bonchev–Trinajstić information content (AvgIpc) is 3.31. The smallest absolute Gasteiger partial charge is 0.244 e. The average molecular weight is 399 g/mol. The summed E-state index contributed by atoms with van der Waals surface area (Å²) in [5.41, 5.74) is 1.09. The van der Waals surface area contributed by atoms with Crippen LogP contribution in [0, 0.1) is 0 Å². The predicted molar refractivity (Wildman–Crippen MR) is 113 cm³/mol. The molecule has 158 valence electrons. The van der Waals surface area contributed by atoms with Gasteiger partial charge in [0.25, 0.3) is 0 Å². The summed E-state index contributed by atoms with van der Waals surface area (Å²) in [7, 11) is 0. The second-order valence-electron chi connectivity index (χ2n) is 8.60. The fourth-order valence-electron chi connectivity index (χ4n) is 4.87. The van der Waals surface area contributed by atoms with Crippen LogP contribution in [0.1, 0.15) is 43.7 Å². The topological polar surface area (TPSA) is 47.1 Å². The summed E-state index contributed by atoms with van der Waals surface area (Å²) in [6.45, 7) is 7.45. The van der Waals surface area contributed by atoms with Crippen molar-refractivity contribution in [3.05, 3.63) is 35.9 Å². The summed E-state index contributed by atoms with van der Waals surface area (Å²) in [5, 5.41) is 0. The molecule has 6 nitrogen and oxygen atoms in total. The zero-order valence-electron chi connectivity index (χ0n) is 17.5. The van der Waals surface area contributed by atoms with E-state index in [1.54, 1.807) is 0 Å². The molecule has 4 rings (SSSR count). The molecule has 3 fully saturated rings. The van der Waals surface area contributed by atoms with Crippen LogP contribution in [0.25, 0.3) is 0 Å². The summed E-state index contributed by atoms with van der Waals surface area (Å²) in [5.74, 6) is 0.512. The van der Waals surface area contributed by atoms with E-state index in [0.717, 1.165) is 83.6 Å². The standard InChI is InChI=1S/C23H34N4O2/c28-21(25-11-5-2-6-12-25)19-24-15-17-26(18-16-24)22(20-9-3-1-4-10-20)23(29)27-13-7-8-14-27/h1,3-4,9-10,22H,2,5-8,11-19H2. The van der Waals surface area contributed by atoms with E-state index in [-0.39, 0.29) is 17.9 Å². The lowest BCUT2D eigenvalue weighted by atomic mass is 10.0. The van der Waals surface area contributed by atoms with Gasteiger partial charge in [-0.15, -0.1) is 0 Å². The Hall–Kier alpha value is -1.92. The Labute approximate surface area is 174 Å². The van der Waals surface area contributed by atoms with Crippen LogP contribution in [0.5, 0.6) is 0 Å².